The molecule has 6 heteroatoms. The van der Waals surface area contributed by atoms with Crippen LogP contribution >= 0.6 is 0 Å². The first kappa shape index (κ1) is 19.3. The predicted molar refractivity (Wildman–Crippen MR) is 93.0 cm³/mol. The molecule has 0 saturated carbocycles. The second-order valence-corrected chi connectivity index (χ2v) is 5.79. The van der Waals surface area contributed by atoms with Crippen molar-refractivity contribution in [3.05, 3.63) is 24.3 Å². The number of aliphatic hydroxyl groups is 1. The molecule has 23 heavy (non-hydrogen) atoms. The summed E-state index contributed by atoms with van der Waals surface area (Å²) in [4.78, 5) is 11.6. The second-order valence-electron chi connectivity index (χ2n) is 5.79. The van der Waals surface area contributed by atoms with E-state index in [1.54, 1.807) is 24.3 Å². The summed E-state index contributed by atoms with van der Waals surface area (Å²) in [5.74, 6) is 0.658. The van der Waals surface area contributed by atoms with Crippen molar-refractivity contribution < 1.29 is 14.6 Å². The number of hydrogen-bond donors (Lipinski definition) is 4. The number of carbonyl (C=O) groups is 1. The Balaban J connectivity index is 2.31. The molecule has 6 nitrogen and oxygen atoms in total. The summed E-state index contributed by atoms with van der Waals surface area (Å²) in [6, 6.07) is 7.20. The highest BCUT2D eigenvalue weighted by atomic mass is 16.5. The van der Waals surface area contributed by atoms with Crippen molar-refractivity contribution in [2.45, 2.75) is 45.8 Å². The minimum atomic E-state index is -0.556. The van der Waals surface area contributed by atoms with Gasteiger partial charge < -0.3 is 25.8 Å². The van der Waals surface area contributed by atoms with E-state index in [-0.39, 0.29) is 12.6 Å². The second kappa shape index (κ2) is 10.9. The van der Waals surface area contributed by atoms with Gasteiger partial charge in [0.15, 0.2) is 0 Å². The summed E-state index contributed by atoms with van der Waals surface area (Å²) in [5, 5.41) is 18.5. The van der Waals surface area contributed by atoms with Crippen LogP contribution in [-0.2, 0) is 0 Å². The number of ether oxygens (including phenoxy) is 1. The fraction of sp³-hybridized carbons (Fsp3) is 0.588. The standard InChI is InChI=1S/C17H29N3O3/c1-4-5-10-18-17(22)20-14-6-8-16(9-7-14)23-12-15(21)11-19-13(2)3/h6-9,13,15,19,21H,4-5,10-12H2,1-3H3,(H2,18,20,22)/t15-/m0/s1. The molecule has 1 atom stereocenters. The largest absolute Gasteiger partial charge is 0.491 e. The molecule has 0 bridgehead atoms. The summed E-state index contributed by atoms with van der Waals surface area (Å²) < 4.78 is 5.52. The highest BCUT2D eigenvalue weighted by molar-refractivity contribution is 5.89. The minimum Gasteiger partial charge on any atom is -0.491 e. The summed E-state index contributed by atoms with van der Waals surface area (Å²) in [5.41, 5.74) is 0.702. The third-order valence-corrected chi connectivity index (χ3v) is 3.13. The van der Waals surface area contributed by atoms with Gasteiger partial charge in [0.05, 0.1) is 0 Å². The van der Waals surface area contributed by atoms with Crippen LogP contribution in [0.3, 0.4) is 0 Å². The Kier molecular flexibility index (Phi) is 9.09. The first-order valence-electron chi connectivity index (χ1n) is 8.20. The van der Waals surface area contributed by atoms with E-state index in [0.29, 0.717) is 30.6 Å². The summed E-state index contributed by atoms with van der Waals surface area (Å²) in [6.45, 7) is 7.52. The maximum atomic E-state index is 11.6. The number of amides is 2. The number of carbonyl (C=O) groups excluding carboxylic acids is 1. The molecule has 0 saturated heterocycles. The Hall–Kier alpha value is -1.79. The molecular formula is C17H29N3O3. The van der Waals surface area contributed by atoms with Gasteiger partial charge in [0.1, 0.15) is 18.5 Å². The van der Waals surface area contributed by atoms with E-state index >= 15 is 0 Å². The van der Waals surface area contributed by atoms with Gasteiger partial charge in [-0.05, 0) is 30.7 Å². The van der Waals surface area contributed by atoms with Crippen LogP contribution < -0.4 is 20.7 Å². The highest BCUT2D eigenvalue weighted by Crippen LogP contribution is 2.15. The van der Waals surface area contributed by atoms with E-state index in [0.717, 1.165) is 12.8 Å². The third-order valence-electron chi connectivity index (χ3n) is 3.13. The first-order chi connectivity index (χ1) is 11.0. The molecule has 1 aromatic carbocycles. The SMILES string of the molecule is CCCCNC(=O)Nc1ccc(OC[C@@H](O)CNC(C)C)cc1. The topological polar surface area (TPSA) is 82.6 Å². The number of aliphatic hydroxyl groups excluding tert-OH is 1. The number of rotatable bonds is 10. The van der Waals surface area contributed by atoms with Crippen molar-refractivity contribution in [3.8, 4) is 5.75 Å². The molecule has 0 aliphatic heterocycles. The lowest BCUT2D eigenvalue weighted by atomic mass is 10.3. The fourth-order valence-corrected chi connectivity index (χ4v) is 1.81. The van der Waals surface area contributed by atoms with E-state index < -0.39 is 6.10 Å². The monoisotopic (exact) mass is 323 g/mol. The van der Waals surface area contributed by atoms with E-state index in [1.165, 1.54) is 0 Å². The molecule has 2 amide bonds. The van der Waals surface area contributed by atoms with Crippen LogP contribution in [0.2, 0.25) is 0 Å². The lowest BCUT2D eigenvalue weighted by molar-refractivity contribution is 0.104. The Bertz CT molecular complexity index is 449. The average Bonchev–Trinajstić information content (AvgIpc) is 2.52. The molecular weight excluding hydrogens is 294 g/mol. The van der Waals surface area contributed by atoms with Crippen LogP contribution in [0, 0.1) is 0 Å². The normalized spacial score (nSPS) is 12.0. The van der Waals surface area contributed by atoms with Crippen molar-refractivity contribution in [1.82, 2.24) is 10.6 Å². The molecule has 0 aliphatic carbocycles. The van der Waals surface area contributed by atoms with Crippen LogP contribution in [0.1, 0.15) is 33.6 Å². The Morgan fingerprint density at radius 2 is 1.96 bits per heavy atom. The van der Waals surface area contributed by atoms with Crippen molar-refractivity contribution in [2.75, 3.05) is 25.0 Å². The van der Waals surface area contributed by atoms with Gasteiger partial charge >= 0.3 is 6.03 Å². The van der Waals surface area contributed by atoms with Crippen LogP contribution in [-0.4, -0.2) is 43.0 Å². The number of benzene rings is 1. The molecule has 0 heterocycles. The van der Waals surface area contributed by atoms with Crippen LogP contribution in [0.4, 0.5) is 10.5 Å². The van der Waals surface area contributed by atoms with E-state index in [1.807, 2.05) is 13.8 Å². The zero-order chi connectivity index (χ0) is 17.1. The van der Waals surface area contributed by atoms with E-state index in [9.17, 15) is 9.90 Å². The molecule has 0 radical (unpaired) electrons. The summed E-state index contributed by atoms with van der Waals surface area (Å²) in [6.07, 6.45) is 1.46. The number of anilines is 1. The van der Waals surface area contributed by atoms with Gasteiger partial charge in [0.25, 0.3) is 0 Å². The molecule has 0 unspecified atom stereocenters. The Morgan fingerprint density at radius 1 is 1.26 bits per heavy atom. The molecule has 1 aromatic rings. The van der Waals surface area contributed by atoms with Crippen molar-refractivity contribution >= 4 is 11.7 Å². The summed E-state index contributed by atoms with van der Waals surface area (Å²) >= 11 is 0. The molecule has 1 rings (SSSR count). The van der Waals surface area contributed by atoms with Crippen molar-refractivity contribution in [2.24, 2.45) is 0 Å². The maximum Gasteiger partial charge on any atom is 0.319 e. The number of nitrogens with one attached hydrogen (secondary N) is 3. The Morgan fingerprint density at radius 3 is 2.57 bits per heavy atom. The molecule has 0 spiro atoms. The molecule has 0 aromatic heterocycles. The number of unbranched alkanes of at least 4 members (excludes halogenated alkanes) is 1. The fourth-order valence-electron chi connectivity index (χ4n) is 1.81. The molecule has 4 N–H and O–H groups in total. The number of hydrogen-bond acceptors (Lipinski definition) is 4. The smallest absolute Gasteiger partial charge is 0.319 e. The predicted octanol–water partition coefficient (Wildman–Crippen LogP) is 2.35. The maximum absolute atomic E-state index is 11.6. The van der Waals surface area contributed by atoms with Gasteiger partial charge in [-0.2, -0.15) is 0 Å². The summed E-state index contributed by atoms with van der Waals surface area (Å²) in [7, 11) is 0. The number of urea groups is 1. The molecule has 130 valence electrons. The average molecular weight is 323 g/mol. The van der Waals surface area contributed by atoms with E-state index in [4.69, 9.17) is 4.74 Å². The third kappa shape index (κ3) is 9.05. The van der Waals surface area contributed by atoms with Crippen LogP contribution in [0.5, 0.6) is 5.75 Å². The molecule has 0 fully saturated rings. The highest BCUT2D eigenvalue weighted by Gasteiger charge is 2.06. The minimum absolute atomic E-state index is 0.206. The van der Waals surface area contributed by atoms with Crippen molar-refractivity contribution in [3.63, 3.8) is 0 Å². The zero-order valence-electron chi connectivity index (χ0n) is 14.3. The van der Waals surface area contributed by atoms with Gasteiger partial charge in [0.2, 0.25) is 0 Å². The van der Waals surface area contributed by atoms with Gasteiger partial charge in [0, 0.05) is 24.8 Å². The van der Waals surface area contributed by atoms with Gasteiger partial charge in [-0.1, -0.05) is 27.2 Å². The van der Waals surface area contributed by atoms with Crippen LogP contribution in [0.25, 0.3) is 0 Å². The molecule has 0 aliphatic rings. The lowest BCUT2D eigenvalue weighted by Gasteiger charge is -2.15. The lowest BCUT2D eigenvalue weighted by Crippen LogP contribution is -2.35. The van der Waals surface area contributed by atoms with Crippen LogP contribution in [0.15, 0.2) is 24.3 Å². The van der Waals surface area contributed by atoms with Gasteiger partial charge in [-0.3, -0.25) is 0 Å². The van der Waals surface area contributed by atoms with E-state index in [2.05, 4.69) is 22.9 Å². The van der Waals surface area contributed by atoms with Crippen molar-refractivity contribution in [1.29, 1.82) is 0 Å². The van der Waals surface area contributed by atoms with Gasteiger partial charge in [-0.15, -0.1) is 0 Å². The first-order valence-corrected chi connectivity index (χ1v) is 8.20. The quantitative estimate of drug-likeness (QED) is 0.498. The Labute approximate surface area is 138 Å². The zero-order valence-corrected chi connectivity index (χ0v) is 14.3. The van der Waals surface area contributed by atoms with Gasteiger partial charge in [-0.25, -0.2) is 4.79 Å².